The second kappa shape index (κ2) is 14.7. The first-order valence-electron chi connectivity index (χ1n) is 20.8. The predicted molar refractivity (Wildman–Crippen MR) is 248 cm³/mol. The lowest BCUT2D eigenvalue weighted by Gasteiger charge is -2.21. The van der Waals surface area contributed by atoms with Crippen molar-refractivity contribution in [2.24, 2.45) is 5.92 Å². The number of para-hydroxylation sites is 2. The average Bonchev–Trinajstić information content (AvgIpc) is 3.82. The van der Waals surface area contributed by atoms with Crippen LogP contribution in [-0.4, -0.2) is 25.7 Å². The van der Waals surface area contributed by atoms with E-state index >= 15 is 0 Å². The van der Waals surface area contributed by atoms with Crippen LogP contribution < -0.4 is 4.74 Å². The van der Waals surface area contributed by atoms with Crippen molar-refractivity contribution in [1.82, 2.24) is 19.1 Å². The lowest BCUT2D eigenvalue weighted by molar-refractivity contribution is 0.340. The highest BCUT2D eigenvalue weighted by Gasteiger charge is 2.22. The number of rotatable bonds is 8. The Balaban J connectivity index is 1.05. The SMILES string of the molecule is CCOc1ccc(-n2c3ccccc3c3cc(-c4ccc5c6ccccc6n(-c6cccc(-c7cc(C8C=CC=CC8C)nc(-c8ccccc8)n7)c6)c5c4)ccc32)cc1. The smallest absolute Gasteiger partial charge is 0.160 e. The molecular formula is C55H42N4O. The van der Waals surface area contributed by atoms with E-state index in [-0.39, 0.29) is 5.92 Å². The zero-order valence-electron chi connectivity index (χ0n) is 33.5. The molecule has 7 aromatic carbocycles. The molecule has 0 saturated carbocycles. The Morgan fingerprint density at radius 2 is 1.13 bits per heavy atom. The summed E-state index contributed by atoms with van der Waals surface area (Å²) in [4.78, 5) is 10.4. The molecule has 5 heteroatoms. The number of ether oxygens (including phenoxy) is 1. The summed E-state index contributed by atoms with van der Waals surface area (Å²) >= 11 is 0. The van der Waals surface area contributed by atoms with Crippen molar-refractivity contribution in [2.45, 2.75) is 19.8 Å². The molecule has 0 N–H and O–H groups in total. The minimum Gasteiger partial charge on any atom is -0.494 e. The summed E-state index contributed by atoms with van der Waals surface area (Å²) in [5.74, 6) is 2.12. The lowest BCUT2D eigenvalue weighted by atomic mass is 9.86. The van der Waals surface area contributed by atoms with Gasteiger partial charge in [-0.2, -0.15) is 0 Å². The normalized spacial score (nSPS) is 15.1. The molecule has 0 spiro atoms. The first-order valence-corrected chi connectivity index (χ1v) is 20.8. The Morgan fingerprint density at radius 3 is 1.92 bits per heavy atom. The van der Waals surface area contributed by atoms with E-state index in [1.54, 1.807) is 0 Å². The third-order valence-electron chi connectivity index (χ3n) is 12.0. The number of aromatic nitrogens is 4. The Bertz CT molecular complexity index is 3300. The molecule has 0 fully saturated rings. The lowest BCUT2D eigenvalue weighted by Crippen LogP contribution is -2.11. The van der Waals surface area contributed by atoms with E-state index in [0.29, 0.717) is 12.5 Å². The van der Waals surface area contributed by atoms with Gasteiger partial charge in [0.1, 0.15) is 5.75 Å². The van der Waals surface area contributed by atoms with E-state index < -0.39 is 0 Å². The molecular weight excluding hydrogens is 733 g/mol. The summed E-state index contributed by atoms with van der Waals surface area (Å²) in [7, 11) is 0. The van der Waals surface area contributed by atoms with Crippen LogP contribution in [0.3, 0.4) is 0 Å². The second-order valence-electron chi connectivity index (χ2n) is 15.7. The molecule has 1 aliphatic carbocycles. The topological polar surface area (TPSA) is 44.9 Å². The van der Waals surface area contributed by atoms with Gasteiger partial charge in [-0.1, -0.05) is 128 Å². The van der Waals surface area contributed by atoms with Gasteiger partial charge < -0.3 is 13.9 Å². The zero-order valence-corrected chi connectivity index (χ0v) is 33.5. The van der Waals surface area contributed by atoms with Crippen LogP contribution in [0.15, 0.2) is 194 Å². The molecule has 3 heterocycles. The van der Waals surface area contributed by atoms with Gasteiger partial charge in [0.05, 0.1) is 40.1 Å². The standard InChI is InChI=1S/C55H42N4O/c1-3-60-43-28-26-41(27-29-43)58-52-23-12-10-21-46(52)48-33-38(25-31-53(48)58)39-24-30-47-45-20-9-11-22-51(45)59(54(47)34-39)42-18-13-17-40(32-42)49-35-50(44-19-8-7-14-36(44)2)57-55(56-49)37-15-5-4-6-16-37/h4-36,44H,3H2,1-2H3. The van der Waals surface area contributed by atoms with Gasteiger partial charge in [-0.25, -0.2) is 9.97 Å². The van der Waals surface area contributed by atoms with Crippen molar-refractivity contribution >= 4 is 43.6 Å². The Kier molecular flexibility index (Phi) is 8.74. The van der Waals surface area contributed by atoms with E-state index in [9.17, 15) is 0 Å². The molecule has 288 valence electrons. The van der Waals surface area contributed by atoms with Crippen molar-refractivity contribution in [1.29, 1.82) is 0 Å². The highest BCUT2D eigenvalue weighted by atomic mass is 16.5. The van der Waals surface area contributed by atoms with E-state index in [4.69, 9.17) is 14.7 Å². The van der Waals surface area contributed by atoms with Gasteiger partial charge in [-0.05, 0) is 96.8 Å². The van der Waals surface area contributed by atoms with Gasteiger partial charge in [-0.15, -0.1) is 0 Å². The average molecular weight is 775 g/mol. The molecule has 11 rings (SSSR count). The third-order valence-corrected chi connectivity index (χ3v) is 12.0. The fourth-order valence-corrected chi connectivity index (χ4v) is 9.11. The van der Waals surface area contributed by atoms with Crippen LogP contribution in [0.4, 0.5) is 0 Å². The van der Waals surface area contributed by atoms with Crippen molar-refractivity contribution in [3.63, 3.8) is 0 Å². The number of nitrogens with zero attached hydrogens (tertiary/aromatic N) is 4. The monoisotopic (exact) mass is 774 g/mol. The quantitative estimate of drug-likeness (QED) is 0.154. The maximum absolute atomic E-state index is 5.76. The van der Waals surface area contributed by atoms with Crippen LogP contribution >= 0.6 is 0 Å². The van der Waals surface area contributed by atoms with Crippen molar-refractivity contribution in [3.05, 3.63) is 200 Å². The summed E-state index contributed by atoms with van der Waals surface area (Å²) in [6, 6.07) is 60.9. The fraction of sp³-hybridized carbons (Fsp3) is 0.0909. The molecule has 2 atom stereocenters. The first kappa shape index (κ1) is 35.6. The molecule has 5 nitrogen and oxygen atoms in total. The van der Waals surface area contributed by atoms with Gasteiger partial charge in [0.15, 0.2) is 5.82 Å². The van der Waals surface area contributed by atoms with E-state index in [1.807, 2.05) is 25.1 Å². The van der Waals surface area contributed by atoms with Gasteiger partial charge in [0.2, 0.25) is 0 Å². The van der Waals surface area contributed by atoms with Crippen molar-refractivity contribution in [2.75, 3.05) is 6.61 Å². The Labute approximate surface area is 349 Å². The largest absolute Gasteiger partial charge is 0.494 e. The van der Waals surface area contributed by atoms with Crippen LogP contribution in [0.1, 0.15) is 25.5 Å². The molecule has 60 heavy (non-hydrogen) atoms. The molecule has 0 bridgehead atoms. The number of hydrogen-bond donors (Lipinski definition) is 0. The van der Waals surface area contributed by atoms with E-state index in [2.05, 4.69) is 192 Å². The first-order chi connectivity index (χ1) is 29.6. The van der Waals surface area contributed by atoms with Crippen LogP contribution in [0, 0.1) is 5.92 Å². The number of allylic oxidation sites excluding steroid dienone is 4. The Hall–Kier alpha value is -7.50. The summed E-state index contributed by atoms with van der Waals surface area (Å²) in [5.41, 5.74) is 13.2. The van der Waals surface area contributed by atoms with Crippen molar-refractivity contribution in [3.8, 4) is 50.9 Å². The predicted octanol–water partition coefficient (Wildman–Crippen LogP) is 13.9. The summed E-state index contributed by atoms with van der Waals surface area (Å²) in [6.45, 7) is 4.91. The maximum Gasteiger partial charge on any atom is 0.160 e. The minimum absolute atomic E-state index is 0.168. The molecule has 0 amide bonds. The van der Waals surface area contributed by atoms with Crippen LogP contribution in [0.2, 0.25) is 0 Å². The second-order valence-corrected chi connectivity index (χ2v) is 15.7. The van der Waals surface area contributed by atoms with Crippen LogP contribution in [0.25, 0.3) is 88.8 Å². The van der Waals surface area contributed by atoms with Gasteiger partial charge in [0, 0.05) is 50.0 Å². The van der Waals surface area contributed by atoms with Gasteiger partial charge >= 0.3 is 0 Å². The zero-order chi connectivity index (χ0) is 40.2. The molecule has 0 radical (unpaired) electrons. The van der Waals surface area contributed by atoms with Gasteiger partial charge in [0.25, 0.3) is 0 Å². The third kappa shape index (κ3) is 6.09. The molecule has 10 aromatic rings. The number of benzene rings is 7. The van der Waals surface area contributed by atoms with Crippen molar-refractivity contribution < 1.29 is 4.74 Å². The van der Waals surface area contributed by atoms with Crippen LogP contribution in [-0.2, 0) is 0 Å². The molecule has 1 aliphatic rings. The summed E-state index contributed by atoms with van der Waals surface area (Å²) in [5, 5.41) is 4.89. The summed E-state index contributed by atoms with van der Waals surface area (Å²) in [6.07, 6.45) is 8.77. The van der Waals surface area contributed by atoms with Gasteiger partial charge in [-0.3, -0.25) is 0 Å². The highest BCUT2D eigenvalue weighted by Crippen LogP contribution is 2.39. The molecule has 0 saturated heterocycles. The van der Waals surface area contributed by atoms with Crippen LogP contribution in [0.5, 0.6) is 5.75 Å². The van der Waals surface area contributed by atoms with E-state index in [1.165, 1.54) is 43.7 Å². The Morgan fingerprint density at radius 1 is 0.483 bits per heavy atom. The number of fused-ring (bicyclic) bond motifs is 6. The number of hydrogen-bond acceptors (Lipinski definition) is 3. The summed E-state index contributed by atoms with van der Waals surface area (Å²) < 4.78 is 10.5. The molecule has 2 unspecified atom stereocenters. The molecule has 3 aromatic heterocycles. The maximum atomic E-state index is 5.76. The minimum atomic E-state index is 0.168. The molecule has 0 aliphatic heterocycles. The fourth-order valence-electron chi connectivity index (χ4n) is 9.11. The highest BCUT2D eigenvalue weighted by molar-refractivity contribution is 6.12. The van der Waals surface area contributed by atoms with E-state index in [0.717, 1.165) is 56.5 Å².